The van der Waals surface area contributed by atoms with Gasteiger partial charge in [0.25, 0.3) is 11.8 Å². The van der Waals surface area contributed by atoms with E-state index in [4.69, 9.17) is 14.2 Å². The van der Waals surface area contributed by atoms with Crippen LogP contribution in [0, 0.1) is 6.92 Å². The first-order chi connectivity index (χ1) is 18.4. The van der Waals surface area contributed by atoms with Crippen molar-refractivity contribution in [2.45, 2.75) is 19.9 Å². The van der Waals surface area contributed by atoms with Gasteiger partial charge in [-0.25, -0.2) is 0 Å². The third-order valence-corrected chi connectivity index (χ3v) is 6.54. The predicted octanol–water partition coefficient (Wildman–Crippen LogP) is 4.17. The number of benzene rings is 3. The molecule has 8 heteroatoms. The van der Waals surface area contributed by atoms with Crippen molar-refractivity contribution in [2.75, 3.05) is 27.4 Å². The van der Waals surface area contributed by atoms with Crippen LogP contribution in [0.3, 0.4) is 0 Å². The molecule has 4 aromatic rings. The van der Waals surface area contributed by atoms with Gasteiger partial charge in [0.05, 0.1) is 19.8 Å². The number of methoxy groups -OCH3 is 2. The summed E-state index contributed by atoms with van der Waals surface area (Å²) in [6.07, 6.45) is 0.641. The highest BCUT2D eigenvalue weighted by Gasteiger charge is 2.19. The highest BCUT2D eigenvalue weighted by Crippen LogP contribution is 2.29. The quantitative estimate of drug-likeness (QED) is 0.313. The lowest BCUT2D eigenvalue weighted by Gasteiger charge is -2.10. The van der Waals surface area contributed by atoms with E-state index in [1.807, 2.05) is 85.3 Å². The maximum absolute atomic E-state index is 13.2. The molecule has 8 nitrogen and oxygen atoms in total. The second-order valence-corrected chi connectivity index (χ2v) is 8.94. The number of amides is 2. The van der Waals surface area contributed by atoms with Crippen LogP contribution >= 0.6 is 0 Å². The molecule has 0 saturated heterocycles. The van der Waals surface area contributed by atoms with E-state index < -0.39 is 0 Å². The monoisotopic (exact) mass is 515 g/mol. The van der Waals surface area contributed by atoms with Crippen LogP contribution < -0.4 is 24.8 Å². The predicted molar refractivity (Wildman–Crippen MR) is 147 cm³/mol. The van der Waals surface area contributed by atoms with Gasteiger partial charge in [-0.05, 0) is 54.8 Å². The number of aromatic nitrogens is 1. The van der Waals surface area contributed by atoms with Crippen LogP contribution in [-0.2, 0) is 24.8 Å². The summed E-state index contributed by atoms with van der Waals surface area (Å²) in [4.78, 5) is 25.5. The molecule has 0 aliphatic carbocycles. The van der Waals surface area contributed by atoms with Gasteiger partial charge in [0.1, 0.15) is 5.75 Å². The number of aryl methyl sites for hydroxylation is 1. The van der Waals surface area contributed by atoms with E-state index in [1.54, 1.807) is 14.2 Å². The van der Waals surface area contributed by atoms with Crippen molar-refractivity contribution in [3.05, 3.63) is 89.1 Å². The zero-order valence-corrected chi connectivity index (χ0v) is 22.2. The molecule has 4 rings (SSSR count). The van der Waals surface area contributed by atoms with E-state index in [1.165, 1.54) is 0 Å². The van der Waals surface area contributed by atoms with Gasteiger partial charge in [-0.3, -0.25) is 9.59 Å². The summed E-state index contributed by atoms with van der Waals surface area (Å²) in [5.74, 6) is 1.47. The molecule has 1 aromatic heterocycles. The lowest BCUT2D eigenvalue weighted by atomic mass is 10.1. The number of fused-ring (bicyclic) bond motifs is 1. The molecule has 0 spiro atoms. The number of rotatable bonds is 11. The fourth-order valence-corrected chi connectivity index (χ4v) is 4.37. The molecule has 0 radical (unpaired) electrons. The number of carbonyl (C=O) groups excluding carboxylic acids is 2. The van der Waals surface area contributed by atoms with Crippen molar-refractivity contribution in [2.24, 2.45) is 7.05 Å². The minimum absolute atomic E-state index is 0.114. The largest absolute Gasteiger partial charge is 0.493 e. The molecule has 0 aliphatic heterocycles. The molecule has 38 heavy (non-hydrogen) atoms. The maximum Gasteiger partial charge on any atom is 0.258 e. The summed E-state index contributed by atoms with van der Waals surface area (Å²) in [6, 6.07) is 20.9. The van der Waals surface area contributed by atoms with E-state index in [2.05, 4.69) is 10.6 Å². The van der Waals surface area contributed by atoms with Gasteiger partial charge in [0.2, 0.25) is 0 Å². The summed E-state index contributed by atoms with van der Waals surface area (Å²) in [7, 11) is 5.12. The molecule has 0 saturated carbocycles. The van der Waals surface area contributed by atoms with Crippen LogP contribution in [0.5, 0.6) is 17.2 Å². The Morgan fingerprint density at radius 1 is 0.868 bits per heavy atom. The molecule has 0 aliphatic rings. The fourth-order valence-electron chi connectivity index (χ4n) is 4.37. The maximum atomic E-state index is 13.2. The molecule has 0 atom stereocenters. The Hall–Kier alpha value is -4.46. The van der Waals surface area contributed by atoms with Crippen LogP contribution in [0.15, 0.2) is 66.7 Å². The van der Waals surface area contributed by atoms with Gasteiger partial charge in [0.15, 0.2) is 18.1 Å². The molecule has 2 amide bonds. The number of ether oxygens (including phenoxy) is 3. The third kappa shape index (κ3) is 6.08. The molecular formula is C30H33N3O5. The summed E-state index contributed by atoms with van der Waals surface area (Å²) < 4.78 is 18.4. The van der Waals surface area contributed by atoms with Crippen molar-refractivity contribution < 1.29 is 23.8 Å². The average Bonchev–Trinajstić information content (AvgIpc) is 3.19. The smallest absolute Gasteiger partial charge is 0.258 e. The minimum Gasteiger partial charge on any atom is -0.493 e. The first-order valence-corrected chi connectivity index (χ1v) is 12.4. The van der Waals surface area contributed by atoms with Gasteiger partial charge >= 0.3 is 0 Å². The Balaban J connectivity index is 1.40. The van der Waals surface area contributed by atoms with Gasteiger partial charge in [-0.1, -0.05) is 36.4 Å². The van der Waals surface area contributed by atoms with E-state index in [9.17, 15) is 9.59 Å². The molecule has 0 fully saturated rings. The number of carbonyl (C=O) groups is 2. The average molecular weight is 516 g/mol. The molecule has 3 aromatic carbocycles. The summed E-state index contributed by atoms with van der Waals surface area (Å²) in [6.45, 7) is 2.70. The molecule has 0 bridgehead atoms. The fraction of sp³-hybridized carbons (Fsp3) is 0.267. The first-order valence-electron chi connectivity index (χ1n) is 12.4. The van der Waals surface area contributed by atoms with Crippen molar-refractivity contribution >= 4 is 22.7 Å². The second kappa shape index (κ2) is 12.2. The highest BCUT2D eigenvalue weighted by molar-refractivity contribution is 6.08. The van der Waals surface area contributed by atoms with Gasteiger partial charge < -0.3 is 29.4 Å². The standard InChI is InChI=1S/C30H33N3O5/c1-20-29(30(35)31-15-14-21-10-13-26(36-3)27(16-21)37-4)24-17-23(11-12-25(24)33(20)2)38-19-28(34)32-18-22-8-6-5-7-9-22/h5-13,16-17H,14-15,18-19H2,1-4H3,(H,31,35)(H,32,34). The topological polar surface area (TPSA) is 90.8 Å². The minimum atomic E-state index is -0.216. The van der Waals surface area contributed by atoms with Crippen LogP contribution in [0.25, 0.3) is 10.9 Å². The molecule has 0 unspecified atom stereocenters. The summed E-state index contributed by atoms with van der Waals surface area (Å²) in [5, 5.41) is 6.66. The SMILES string of the molecule is COc1ccc(CCNC(=O)c2c(C)n(C)c3ccc(OCC(=O)NCc4ccccc4)cc23)cc1OC. The lowest BCUT2D eigenvalue weighted by molar-refractivity contribution is -0.123. The lowest BCUT2D eigenvalue weighted by Crippen LogP contribution is -2.28. The van der Waals surface area contributed by atoms with Crippen LogP contribution in [0.2, 0.25) is 0 Å². The van der Waals surface area contributed by atoms with E-state index >= 15 is 0 Å². The number of nitrogens with one attached hydrogen (secondary N) is 2. The number of nitrogens with zero attached hydrogens (tertiary/aromatic N) is 1. The number of hydrogen-bond donors (Lipinski definition) is 2. The normalized spacial score (nSPS) is 10.7. The highest BCUT2D eigenvalue weighted by atomic mass is 16.5. The van der Waals surface area contributed by atoms with Gasteiger partial charge in [-0.2, -0.15) is 0 Å². The van der Waals surface area contributed by atoms with Gasteiger partial charge in [0, 0.05) is 36.7 Å². The Morgan fingerprint density at radius 2 is 1.63 bits per heavy atom. The zero-order valence-electron chi connectivity index (χ0n) is 22.2. The molecule has 1 heterocycles. The third-order valence-electron chi connectivity index (χ3n) is 6.54. The molecule has 2 N–H and O–H groups in total. The van der Waals surface area contributed by atoms with E-state index in [0.717, 1.165) is 27.7 Å². The second-order valence-electron chi connectivity index (χ2n) is 8.94. The molecule has 198 valence electrons. The van der Waals surface area contributed by atoms with Crippen LogP contribution in [0.1, 0.15) is 27.2 Å². The van der Waals surface area contributed by atoms with Gasteiger partial charge in [-0.15, -0.1) is 0 Å². The summed E-state index contributed by atoms with van der Waals surface area (Å²) in [5.41, 5.74) is 4.39. The summed E-state index contributed by atoms with van der Waals surface area (Å²) >= 11 is 0. The van der Waals surface area contributed by atoms with Crippen molar-refractivity contribution in [3.63, 3.8) is 0 Å². The Bertz CT molecular complexity index is 1430. The van der Waals surface area contributed by atoms with Crippen LogP contribution in [0.4, 0.5) is 0 Å². The van der Waals surface area contributed by atoms with Crippen molar-refractivity contribution in [1.29, 1.82) is 0 Å². The Morgan fingerprint density at radius 3 is 2.37 bits per heavy atom. The zero-order chi connectivity index (χ0) is 27.1. The van der Waals surface area contributed by atoms with E-state index in [-0.39, 0.29) is 18.4 Å². The Kier molecular flexibility index (Phi) is 8.53. The Labute approximate surface area is 222 Å². The first kappa shape index (κ1) is 26.6. The molecular weight excluding hydrogens is 482 g/mol. The van der Waals surface area contributed by atoms with E-state index in [0.29, 0.717) is 42.3 Å². The van der Waals surface area contributed by atoms with Crippen LogP contribution in [-0.4, -0.2) is 43.8 Å². The van der Waals surface area contributed by atoms with Crippen molar-refractivity contribution in [3.8, 4) is 17.2 Å². The van der Waals surface area contributed by atoms with Crippen molar-refractivity contribution in [1.82, 2.24) is 15.2 Å². The number of hydrogen-bond acceptors (Lipinski definition) is 5.